The van der Waals surface area contributed by atoms with Gasteiger partial charge in [-0.1, -0.05) is 0 Å². The van der Waals surface area contributed by atoms with E-state index in [4.69, 9.17) is 17.3 Å². The van der Waals surface area contributed by atoms with E-state index in [-0.39, 0.29) is 4.90 Å². The molecule has 0 saturated carbocycles. The average molecular weight is 432 g/mol. The van der Waals surface area contributed by atoms with E-state index in [0.29, 0.717) is 21.6 Å². The fraction of sp³-hybridized carbons (Fsp3) is 0.300. The first-order chi connectivity index (χ1) is 9.21. The number of amidine groups is 1. The molecule has 7 nitrogen and oxygen atoms in total. The number of halogens is 2. The number of alkyl halides is 3. The number of rotatable bonds is 3. The Morgan fingerprint density at radius 2 is 2.25 bits per heavy atom. The van der Waals surface area contributed by atoms with Gasteiger partial charge in [0.1, 0.15) is 0 Å². The number of nitrogens with zero attached hydrogens (tertiary/aromatic N) is 1. The molecule has 1 aliphatic heterocycles. The van der Waals surface area contributed by atoms with E-state index in [1.165, 1.54) is 6.07 Å². The summed E-state index contributed by atoms with van der Waals surface area (Å²) in [6.07, 6.45) is 0. The Morgan fingerprint density at radius 3 is 2.75 bits per heavy atom. The molecule has 1 aliphatic rings. The maximum atomic E-state index is 11.3. The molecule has 0 saturated heterocycles. The number of anilines is 2. The van der Waals surface area contributed by atoms with Crippen LogP contribution in [0.3, 0.4) is 0 Å². The molecule has 1 unspecified atom stereocenters. The van der Waals surface area contributed by atoms with Gasteiger partial charge < -0.3 is 0 Å². The summed E-state index contributed by atoms with van der Waals surface area (Å²) in [6.45, 7) is 0. The Balaban J connectivity index is 2.31. The summed E-state index contributed by atoms with van der Waals surface area (Å²) in [5.41, 5.74) is 6.51. The van der Waals surface area contributed by atoms with Crippen molar-refractivity contribution < 1.29 is 34.2 Å². The van der Waals surface area contributed by atoms with Crippen LogP contribution in [0.5, 0.6) is 0 Å². The predicted octanol–water partition coefficient (Wildman–Crippen LogP) is -2.30. The number of hydrogen-bond acceptors (Lipinski definition) is 6. The molecule has 112 valence electrons. The van der Waals surface area contributed by atoms with E-state index >= 15 is 0 Å². The van der Waals surface area contributed by atoms with Crippen LogP contribution in [-0.2, 0) is 10.1 Å². The second kappa shape index (κ2) is 5.64. The van der Waals surface area contributed by atoms with Crippen molar-refractivity contribution >= 4 is 38.9 Å². The molecule has 10 heteroatoms. The van der Waals surface area contributed by atoms with E-state index in [9.17, 15) is 13.0 Å². The van der Waals surface area contributed by atoms with E-state index in [1.807, 2.05) is 0 Å². The Hall–Kier alpha value is -0.620. The summed E-state index contributed by atoms with van der Waals surface area (Å²) in [5.74, 6) is 0.619. The molecule has 20 heavy (non-hydrogen) atoms. The molecule has 1 heterocycles. The molecule has 0 amide bonds. The normalized spacial score (nSPS) is 22.9. The van der Waals surface area contributed by atoms with Crippen LogP contribution in [0.15, 0.2) is 28.1 Å². The van der Waals surface area contributed by atoms with Crippen LogP contribution in [0.1, 0.15) is 0 Å². The summed E-state index contributed by atoms with van der Waals surface area (Å²) in [7, 11) is -2.74. The number of aliphatic imine (C=N–C) groups is 1. The maximum absolute atomic E-state index is 11.3. The first-order valence-corrected chi connectivity index (χ1v) is 9.87. The first-order valence-electron chi connectivity index (χ1n) is 5.44. The van der Waals surface area contributed by atoms with Gasteiger partial charge in [-0.3, -0.25) is 0 Å². The van der Waals surface area contributed by atoms with Crippen LogP contribution in [0.4, 0.5) is 11.4 Å². The molecule has 1 atom stereocenters. The monoisotopic (exact) mass is 431 g/mol. The number of hydrogen-bond donors (Lipinski definition) is 4. The first kappa shape index (κ1) is 15.8. The van der Waals surface area contributed by atoms with Crippen molar-refractivity contribution in [2.45, 2.75) is 8.02 Å². The van der Waals surface area contributed by atoms with E-state index in [1.54, 1.807) is 19.2 Å². The van der Waals surface area contributed by atoms with E-state index in [2.05, 4.69) is 15.6 Å². The fourth-order valence-corrected chi connectivity index (χ4v) is 4.53. The topological polar surface area (TPSA) is 117 Å². The Morgan fingerprint density at radius 1 is 1.55 bits per heavy atom. The summed E-state index contributed by atoms with van der Waals surface area (Å²) < 4.78 is 31.5. The summed E-state index contributed by atoms with van der Waals surface area (Å²) >= 11 is 5.45. The molecule has 0 bridgehead atoms. The van der Waals surface area contributed by atoms with Gasteiger partial charge >= 0.3 is 132 Å². The Kier molecular flexibility index (Phi) is 4.44. The van der Waals surface area contributed by atoms with Crippen molar-refractivity contribution in [3.8, 4) is 0 Å². The van der Waals surface area contributed by atoms with E-state index in [0.717, 1.165) is 0 Å². The average Bonchev–Trinajstić information content (AvgIpc) is 2.67. The molecule has 5 N–H and O–H groups in total. The second-order valence-electron chi connectivity index (χ2n) is 3.97. The van der Waals surface area contributed by atoms with Crippen molar-refractivity contribution in [1.29, 1.82) is 0 Å². The molecular weight excluding hydrogens is 419 g/mol. The van der Waals surface area contributed by atoms with Crippen molar-refractivity contribution in [2.75, 3.05) is 22.1 Å². The van der Waals surface area contributed by atoms with Gasteiger partial charge in [0.05, 0.1) is 0 Å². The number of nitrogens with two attached hydrogens (primary N) is 1. The van der Waals surface area contributed by atoms with Crippen molar-refractivity contribution in [1.82, 2.24) is 0 Å². The zero-order valence-corrected chi connectivity index (χ0v) is 14.1. The van der Waals surface area contributed by atoms with Crippen molar-refractivity contribution in [2.24, 2.45) is 10.7 Å². The molecule has 1 aromatic carbocycles. The molecule has 0 aliphatic carbocycles. The third-order valence-corrected chi connectivity index (χ3v) is 6.55. The Bertz CT molecular complexity index is 662. The molecule has 1 aromatic rings. The predicted molar refractivity (Wildman–Crippen MR) is 74.5 cm³/mol. The third-order valence-electron chi connectivity index (χ3n) is 2.48. The molecule has 2 rings (SSSR count). The fourth-order valence-electron chi connectivity index (χ4n) is 1.64. The van der Waals surface area contributed by atoms with Crippen LogP contribution >= 0.6 is 11.6 Å². The van der Waals surface area contributed by atoms with Crippen LogP contribution < -0.4 is 37.6 Å². The van der Waals surface area contributed by atoms with Crippen LogP contribution in [0.25, 0.3) is 0 Å². The summed E-state index contributed by atoms with van der Waals surface area (Å²) in [6, 6.07) is 4.55. The zero-order chi connectivity index (χ0) is 15.0. The van der Waals surface area contributed by atoms with Gasteiger partial charge in [-0.25, -0.2) is 0 Å². The minimum atomic E-state index is -4.31. The van der Waals surface area contributed by atoms with Gasteiger partial charge in [0.25, 0.3) is 0 Å². The Labute approximate surface area is 132 Å². The van der Waals surface area contributed by atoms with Crippen LogP contribution in [0, 0.1) is 0 Å². The van der Waals surface area contributed by atoms with E-state index < -0.39 is 34.5 Å². The summed E-state index contributed by atoms with van der Waals surface area (Å²) in [4.78, 5) is 3.91. The van der Waals surface area contributed by atoms with Gasteiger partial charge in [0.15, 0.2) is 0 Å². The van der Waals surface area contributed by atoms with Crippen molar-refractivity contribution in [3.63, 3.8) is 0 Å². The van der Waals surface area contributed by atoms with Gasteiger partial charge in [-0.2, -0.15) is 0 Å². The molecular formula is C10H13ClIN4O3S-. The van der Waals surface area contributed by atoms with Crippen LogP contribution in [-0.4, -0.2) is 33.4 Å². The molecule has 0 radical (unpaired) electrons. The molecule has 0 aromatic heterocycles. The van der Waals surface area contributed by atoms with Crippen molar-refractivity contribution in [3.05, 3.63) is 18.2 Å². The number of benzene rings is 1. The third kappa shape index (κ3) is 3.73. The summed E-state index contributed by atoms with van der Waals surface area (Å²) in [5, 5.41) is 5.67. The zero-order valence-electron chi connectivity index (χ0n) is 10.4. The molecule has 0 spiro atoms. The quantitative estimate of drug-likeness (QED) is 0.185. The van der Waals surface area contributed by atoms with Crippen LogP contribution in [0.2, 0.25) is 0 Å². The standard InChI is InChI=1S/C10H13ClIN4O3S/c1-14-7-3-2-6(4-8(7)20(17,18)19)15-9-5-12-10(11,13)16-9/h2-4,14H,5,13H2,1H3,(H,15,16)(H,17,18,19)/q-1. The van der Waals surface area contributed by atoms with Gasteiger partial charge in [0, 0.05) is 0 Å². The molecule has 0 fully saturated rings. The van der Waals surface area contributed by atoms with Gasteiger partial charge in [-0.15, -0.1) is 0 Å². The second-order valence-corrected chi connectivity index (χ2v) is 9.75. The van der Waals surface area contributed by atoms with Gasteiger partial charge in [-0.05, 0) is 0 Å². The van der Waals surface area contributed by atoms with Gasteiger partial charge in [0.2, 0.25) is 0 Å². The SMILES string of the molecule is CNc1ccc(NC2=NC(N)(Cl)[I-]C2)cc1S(=O)(=O)O. The minimum absolute atomic E-state index is 0.205. The number of nitrogens with one attached hydrogen (secondary N) is 2.